The van der Waals surface area contributed by atoms with E-state index in [1.807, 2.05) is 6.92 Å². The van der Waals surface area contributed by atoms with E-state index in [1.165, 1.54) is 6.20 Å². The molecule has 0 spiro atoms. The average molecular weight is 306 g/mol. The Labute approximate surface area is 133 Å². The lowest BCUT2D eigenvalue weighted by Crippen LogP contribution is -2.13. The van der Waals surface area contributed by atoms with Crippen LogP contribution in [0.5, 0.6) is 11.5 Å². The van der Waals surface area contributed by atoms with Crippen molar-refractivity contribution in [2.24, 2.45) is 0 Å². The molecule has 0 saturated heterocycles. The lowest BCUT2D eigenvalue weighted by Gasteiger charge is -2.08. The number of carbonyl (C=O) groups is 1. The van der Waals surface area contributed by atoms with Crippen molar-refractivity contribution < 1.29 is 9.53 Å². The predicted molar refractivity (Wildman–Crippen MR) is 85.5 cm³/mol. The van der Waals surface area contributed by atoms with Gasteiger partial charge >= 0.3 is 0 Å². The van der Waals surface area contributed by atoms with Gasteiger partial charge in [-0.3, -0.25) is 19.7 Å². The van der Waals surface area contributed by atoms with Crippen molar-refractivity contribution in [2.75, 3.05) is 5.32 Å². The van der Waals surface area contributed by atoms with Crippen molar-refractivity contribution in [2.45, 2.75) is 6.92 Å². The number of ether oxygens (including phenoxy) is 1. The van der Waals surface area contributed by atoms with Crippen molar-refractivity contribution >= 4 is 11.6 Å². The topological polar surface area (TPSA) is 77.0 Å². The van der Waals surface area contributed by atoms with E-state index in [0.29, 0.717) is 17.2 Å². The normalized spacial score (nSPS) is 10.1. The van der Waals surface area contributed by atoms with Gasteiger partial charge < -0.3 is 10.1 Å². The van der Waals surface area contributed by atoms with Crippen LogP contribution in [-0.4, -0.2) is 20.9 Å². The van der Waals surface area contributed by atoms with Gasteiger partial charge in [-0.15, -0.1) is 0 Å². The van der Waals surface area contributed by atoms with Gasteiger partial charge in [0.05, 0.1) is 6.20 Å². The van der Waals surface area contributed by atoms with Crippen LogP contribution in [0.3, 0.4) is 0 Å². The Hall–Kier alpha value is -3.28. The van der Waals surface area contributed by atoms with Crippen molar-refractivity contribution in [3.8, 4) is 11.5 Å². The number of aryl methyl sites for hydroxylation is 1. The van der Waals surface area contributed by atoms with E-state index in [0.717, 1.165) is 5.69 Å². The molecule has 0 radical (unpaired) electrons. The van der Waals surface area contributed by atoms with E-state index in [-0.39, 0.29) is 11.6 Å². The molecule has 1 N–H and O–H groups in total. The summed E-state index contributed by atoms with van der Waals surface area (Å²) in [6, 6.07) is 10.3. The molecule has 3 rings (SSSR count). The molecule has 0 fully saturated rings. The number of hydrogen-bond acceptors (Lipinski definition) is 5. The number of carbonyl (C=O) groups excluding carboxylic acids is 1. The maximum absolute atomic E-state index is 12.3. The monoisotopic (exact) mass is 306 g/mol. The molecule has 3 aromatic rings. The molecule has 3 aromatic heterocycles. The summed E-state index contributed by atoms with van der Waals surface area (Å²) in [4.78, 5) is 24.4. The first-order chi connectivity index (χ1) is 11.2. The summed E-state index contributed by atoms with van der Waals surface area (Å²) < 4.78 is 5.65. The lowest BCUT2D eigenvalue weighted by atomic mass is 10.3. The molecule has 0 aliphatic rings. The number of pyridine rings is 3. The van der Waals surface area contributed by atoms with Crippen molar-refractivity contribution in [3.05, 3.63) is 72.6 Å². The molecule has 6 nitrogen and oxygen atoms in total. The van der Waals surface area contributed by atoms with Gasteiger partial charge in [-0.1, -0.05) is 0 Å². The minimum Gasteiger partial charge on any atom is -0.456 e. The molecule has 0 saturated carbocycles. The Morgan fingerprint density at radius 2 is 1.91 bits per heavy atom. The van der Waals surface area contributed by atoms with Crippen molar-refractivity contribution in [1.82, 2.24) is 15.0 Å². The predicted octanol–water partition coefficient (Wildman–Crippen LogP) is 3.22. The zero-order valence-electron chi connectivity index (χ0n) is 12.4. The summed E-state index contributed by atoms with van der Waals surface area (Å²) in [7, 11) is 0. The molecule has 6 heteroatoms. The number of nitrogens with one attached hydrogen (secondary N) is 1. The molecule has 0 atom stereocenters. The molecule has 1 amide bonds. The molecule has 0 aliphatic carbocycles. The van der Waals surface area contributed by atoms with Gasteiger partial charge in [0.15, 0.2) is 0 Å². The van der Waals surface area contributed by atoms with Gasteiger partial charge in [-0.05, 0) is 37.3 Å². The second kappa shape index (κ2) is 6.65. The fourth-order valence-electron chi connectivity index (χ4n) is 1.96. The number of anilines is 1. The maximum atomic E-state index is 12.3. The Kier molecular flexibility index (Phi) is 4.24. The highest BCUT2D eigenvalue weighted by Gasteiger charge is 2.09. The number of hydrogen-bond donors (Lipinski definition) is 1. The third-order valence-corrected chi connectivity index (χ3v) is 2.99. The molecule has 3 heterocycles. The summed E-state index contributed by atoms with van der Waals surface area (Å²) in [5.41, 5.74) is 1.76. The lowest BCUT2D eigenvalue weighted by molar-refractivity contribution is 0.102. The molecule has 0 aromatic carbocycles. The van der Waals surface area contributed by atoms with Crippen LogP contribution in [0.4, 0.5) is 5.69 Å². The fourth-order valence-corrected chi connectivity index (χ4v) is 1.96. The van der Waals surface area contributed by atoms with Crippen LogP contribution in [0.1, 0.15) is 16.2 Å². The van der Waals surface area contributed by atoms with Gasteiger partial charge in [0.2, 0.25) is 0 Å². The second-order valence-electron chi connectivity index (χ2n) is 4.81. The molecule has 114 valence electrons. The molecule has 0 unspecified atom stereocenters. The zero-order valence-corrected chi connectivity index (χ0v) is 12.4. The van der Waals surface area contributed by atoms with Gasteiger partial charge in [0.25, 0.3) is 5.91 Å². The third kappa shape index (κ3) is 3.88. The number of amides is 1. The largest absolute Gasteiger partial charge is 0.456 e. The fraction of sp³-hybridized carbons (Fsp3) is 0.0588. The second-order valence-corrected chi connectivity index (χ2v) is 4.81. The summed E-state index contributed by atoms with van der Waals surface area (Å²) >= 11 is 0. The molecular weight excluding hydrogens is 292 g/mol. The number of nitrogens with zero attached hydrogens (tertiary/aromatic N) is 3. The SMILES string of the molecule is Cc1cc(NC(=O)c2cc(Oc3cccnc3)ccn2)ccn1. The van der Waals surface area contributed by atoms with E-state index < -0.39 is 0 Å². The number of aromatic nitrogens is 3. The van der Waals surface area contributed by atoms with Crippen LogP contribution in [0.2, 0.25) is 0 Å². The Morgan fingerprint density at radius 1 is 1.04 bits per heavy atom. The molecule has 23 heavy (non-hydrogen) atoms. The van der Waals surface area contributed by atoms with Crippen LogP contribution in [0, 0.1) is 6.92 Å². The Balaban J connectivity index is 1.75. The van der Waals surface area contributed by atoms with E-state index in [1.54, 1.807) is 55.0 Å². The smallest absolute Gasteiger partial charge is 0.274 e. The highest BCUT2D eigenvalue weighted by Crippen LogP contribution is 2.20. The first-order valence-electron chi connectivity index (χ1n) is 6.99. The maximum Gasteiger partial charge on any atom is 0.274 e. The summed E-state index contributed by atoms with van der Waals surface area (Å²) in [6.07, 6.45) is 6.42. The van der Waals surface area contributed by atoms with Crippen LogP contribution in [0.15, 0.2) is 61.2 Å². The summed E-state index contributed by atoms with van der Waals surface area (Å²) in [5, 5.41) is 2.78. The number of rotatable bonds is 4. The third-order valence-electron chi connectivity index (χ3n) is 2.99. The highest BCUT2D eigenvalue weighted by molar-refractivity contribution is 6.03. The van der Waals surface area contributed by atoms with E-state index >= 15 is 0 Å². The van der Waals surface area contributed by atoms with Gasteiger partial charge in [-0.25, -0.2) is 0 Å². The highest BCUT2D eigenvalue weighted by atomic mass is 16.5. The van der Waals surface area contributed by atoms with Crippen LogP contribution >= 0.6 is 0 Å². The van der Waals surface area contributed by atoms with Crippen LogP contribution in [-0.2, 0) is 0 Å². The van der Waals surface area contributed by atoms with Gasteiger partial charge in [0.1, 0.15) is 17.2 Å². The quantitative estimate of drug-likeness (QED) is 0.800. The minimum atomic E-state index is -0.313. The Morgan fingerprint density at radius 3 is 2.70 bits per heavy atom. The summed E-state index contributed by atoms with van der Waals surface area (Å²) in [6.45, 7) is 1.86. The van der Waals surface area contributed by atoms with Crippen LogP contribution < -0.4 is 10.1 Å². The molecule has 0 aliphatic heterocycles. The van der Waals surface area contributed by atoms with E-state index in [2.05, 4.69) is 20.3 Å². The van der Waals surface area contributed by atoms with Crippen molar-refractivity contribution in [1.29, 1.82) is 0 Å². The molecular formula is C17H14N4O2. The zero-order chi connectivity index (χ0) is 16.1. The van der Waals surface area contributed by atoms with E-state index in [9.17, 15) is 4.79 Å². The van der Waals surface area contributed by atoms with E-state index in [4.69, 9.17) is 4.74 Å². The summed E-state index contributed by atoms with van der Waals surface area (Å²) in [5.74, 6) is 0.797. The average Bonchev–Trinajstić information content (AvgIpc) is 2.56. The van der Waals surface area contributed by atoms with Crippen molar-refractivity contribution in [3.63, 3.8) is 0 Å². The Bertz CT molecular complexity index is 822. The standard InChI is InChI=1S/C17H14N4O2/c1-12-9-13(4-7-19-12)21-17(22)16-10-14(5-8-20-16)23-15-3-2-6-18-11-15/h2-11H,1H3,(H,19,21,22). The minimum absolute atomic E-state index is 0.265. The first kappa shape index (κ1) is 14.6. The molecule has 0 bridgehead atoms. The van der Waals surface area contributed by atoms with Crippen LogP contribution in [0.25, 0.3) is 0 Å². The van der Waals surface area contributed by atoms with Gasteiger partial charge in [-0.2, -0.15) is 0 Å². The first-order valence-corrected chi connectivity index (χ1v) is 6.99. The van der Waals surface area contributed by atoms with Gasteiger partial charge in [0, 0.05) is 36.0 Å².